The molecule has 2 heterocycles. The van der Waals surface area contributed by atoms with Crippen LogP contribution < -0.4 is 5.32 Å². The summed E-state index contributed by atoms with van der Waals surface area (Å²) >= 11 is 1.44. The Kier molecular flexibility index (Phi) is 2.58. The van der Waals surface area contributed by atoms with E-state index in [9.17, 15) is 4.79 Å². The normalized spacial score (nSPS) is 24.2. The Bertz CT molecular complexity index is 359. The fourth-order valence-corrected chi connectivity index (χ4v) is 1.89. The van der Waals surface area contributed by atoms with Gasteiger partial charge in [0, 0.05) is 0 Å². The van der Waals surface area contributed by atoms with Gasteiger partial charge in [-0.25, -0.2) is 0 Å². The van der Waals surface area contributed by atoms with Crippen LogP contribution in [0.25, 0.3) is 0 Å². The highest BCUT2D eigenvalue weighted by atomic mass is 32.2. The van der Waals surface area contributed by atoms with Gasteiger partial charge in [-0.15, -0.1) is 0 Å². The average Bonchev–Trinajstić information content (AvgIpc) is 2.74. The van der Waals surface area contributed by atoms with Gasteiger partial charge in [0.15, 0.2) is 5.17 Å². The lowest BCUT2D eigenvalue weighted by Crippen LogP contribution is -2.23. The molecule has 0 spiro atoms. The van der Waals surface area contributed by atoms with Crippen LogP contribution in [-0.2, 0) is 11.3 Å². The zero-order valence-corrected chi connectivity index (χ0v) is 8.50. The predicted molar refractivity (Wildman–Crippen MR) is 55.0 cm³/mol. The molecule has 2 rings (SSSR count). The summed E-state index contributed by atoms with van der Waals surface area (Å²) in [7, 11) is 0. The quantitative estimate of drug-likeness (QED) is 0.802. The molecule has 4 nitrogen and oxygen atoms in total. The molecule has 1 aromatic rings. The number of nitrogens with zero attached hydrogens (tertiary/aromatic N) is 1. The summed E-state index contributed by atoms with van der Waals surface area (Å²) in [4.78, 5) is 15.3. The SMILES string of the molecule is CC1SC(=NCc2ccco2)NC1=O. The molecule has 1 aromatic heterocycles. The second-order valence-corrected chi connectivity index (χ2v) is 4.28. The van der Waals surface area contributed by atoms with Gasteiger partial charge in [0.25, 0.3) is 0 Å². The number of nitrogens with one attached hydrogen (secondary N) is 1. The molecule has 1 unspecified atom stereocenters. The zero-order chi connectivity index (χ0) is 9.97. The van der Waals surface area contributed by atoms with Crippen LogP contribution in [0.5, 0.6) is 0 Å². The van der Waals surface area contributed by atoms with Crippen molar-refractivity contribution >= 4 is 22.8 Å². The fraction of sp³-hybridized carbons (Fsp3) is 0.333. The molecule has 0 bridgehead atoms. The summed E-state index contributed by atoms with van der Waals surface area (Å²) in [5, 5.41) is 3.34. The van der Waals surface area contributed by atoms with Crippen molar-refractivity contribution < 1.29 is 9.21 Å². The number of carbonyl (C=O) groups excluding carboxylic acids is 1. The van der Waals surface area contributed by atoms with E-state index in [2.05, 4.69) is 10.3 Å². The molecule has 0 saturated carbocycles. The third kappa shape index (κ3) is 1.98. The zero-order valence-electron chi connectivity index (χ0n) is 7.69. The lowest BCUT2D eigenvalue weighted by molar-refractivity contribution is -0.118. The molecule has 1 atom stereocenters. The van der Waals surface area contributed by atoms with Gasteiger partial charge in [0.2, 0.25) is 5.91 Å². The first kappa shape index (κ1) is 9.33. The minimum Gasteiger partial charge on any atom is -0.467 e. The molecule has 74 valence electrons. The molecule has 1 amide bonds. The van der Waals surface area contributed by atoms with Crippen LogP contribution in [0, 0.1) is 0 Å². The van der Waals surface area contributed by atoms with E-state index in [1.807, 2.05) is 19.1 Å². The molecule has 14 heavy (non-hydrogen) atoms. The van der Waals surface area contributed by atoms with Crippen molar-refractivity contribution in [1.29, 1.82) is 0 Å². The van der Waals surface area contributed by atoms with Crippen molar-refractivity contribution in [3.63, 3.8) is 0 Å². The van der Waals surface area contributed by atoms with Crippen LogP contribution in [0.1, 0.15) is 12.7 Å². The number of hydrogen-bond donors (Lipinski definition) is 1. The molecule has 1 N–H and O–H groups in total. The van der Waals surface area contributed by atoms with Crippen molar-refractivity contribution in [2.24, 2.45) is 4.99 Å². The van der Waals surface area contributed by atoms with E-state index < -0.39 is 0 Å². The summed E-state index contributed by atoms with van der Waals surface area (Å²) in [5.74, 6) is 0.820. The largest absolute Gasteiger partial charge is 0.467 e. The number of furan rings is 1. The van der Waals surface area contributed by atoms with E-state index in [0.717, 1.165) is 5.76 Å². The first-order valence-corrected chi connectivity index (χ1v) is 5.18. The van der Waals surface area contributed by atoms with Gasteiger partial charge in [0.1, 0.15) is 5.76 Å². The minimum absolute atomic E-state index is 0.0215. The number of thioether (sulfide) groups is 1. The van der Waals surface area contributed by atoms with E-state index in [4.69, 9.17) is 4.42 Å². The Hall–Kier alpha value is -1.23. The van der Waals surface area contributed by atoms with E-state index in [1.165, 1.54) is 11.8 Å². The summed E-state index contributed by atoms with van der Waals surface area (Å²) in [5.41, 5.74) is 0. The minimum atomic E-state index is -0.0367. The van der Waals surface area contributed by atoms with Crippen LogP contribution in [0.15, 0.2) is 27.8 Å². The van der Waals surface area contributed by atoms with Crippen molar-refractivity contribution in [3.05, 3.63) is 24.2 Å². The van der Waals surface area contributed by atoms with Gasteiger partial charge in [0.05, 0.1) is 18.1 Å². The maximum Gasteiger partial charge on any atom is 0.239 e. The monoisotopic (exact) mass is 210 g/mol. The smallest absolute Gasteiger partial charge is 0.239 e. The van der Waals surface area contributed by atoms with Crippen molar-refractivity contribution in [1.82, 2.24) is 5.32 Å². The number of amides is 1. The Labute approximate surface area is 85.8 Å². The molecule has 0 aromatic carbocycles. The van der Waals surface area contributed by atoms with Crippen LogP contribution >= 0.6 is 11.8 Å². The highest BCUT2D eigenvalue weighted by molar-refractivity contribution is 8.15. The van der Waals surface area contributed by atoms with Crippen LogP contribution in [0.3, 0.4) is 0 Å². The molecule has 0 radical (unpaired) electrons. The van der Waals surface area contributed by atoms with Crippen LogP contribution in [0.4, 0.5) is 0 Å². The molecule has 1 saturated heterocycles. The van der Waals surface area contributed by atoms with E-state index in [1.54, 1.807) is 6.26 Å². The summed E-state index contributed by atoms with van der Waals surface area (Å²) in [6.45, 7) is 2.33. The van der Waals surface area contributed by atoms with Gasteiger partial charge < -0.3 is 9.73 Å². The van der Waals surface area contributed by atoms with Gasteiger partial charge in [-0.05, 0) is 19.1 Å². The van der Waals surface area contributed by atoms with Crippen LogP contribution in [0.2, 0.25) is 0 Å². The Balaban J connectivity index is 1.97. The van der Waals surface area contributed by atoms with Crippen molar-refractivity contribution in [2.75, 3.05) is 0 Å². The second kappa shape index (κ2) is 3.88. The number of rotatable bonds is 2. The van der Waals surface area contributed by atoms with Gasteiger partial charge in [-0.2, -0.15) is 0 Å². The van der Waals surface area contributed by atoms with Gasteiger partial charge in [-0.3, -0.25) is 9.79 Å². The maximum atomic E-state index is 11.1. The van der Waals surface area contributed by atoms with E-state index in [0.29, 0.717) is 11.7 Å². The number of aliphatic imine (C=N–C) groups is 1. The van der Waals surface area contributed by atoms with E-state index in [-0.39, 0.29) is 11.2 Å². The Morgan fingerprint density at radius 1 is 1.71 bits per heavy atom. The first-order valence-electron chi connectivity index (χ1n) is 4.30. The third-order valence-corrected chi connectivity index (χ3v) is 2.87. The molecule has 0 aliphatic carbocycles. The number of hydrogen-bond acceptors (Lipinski definition) is 4. The van der Waals surface area contributed by atoms with E-state index >= 15 is 0 Å². The molecular formula is C9H10N2O2S. The maximum absolute atomic E-state index is 11.1. The Morgan fingerprint density at radius 2 is 2.57 bits per heavy atom. The topological polar surface area (TPSA) is 54.6 Å². The molecular weight excluding hydrogens is 200 g/mol. The van der Waals surface area contributed by atoms with Gasteiger partial charge in [-0.1, -0.05) is 11.8 Å². The van der Waals surface area contributed by atoms with Gasteiger partial charge >= 0.3 is 0 Å². The second-order valence-electron chi connectivity index (χ2n) is 2.95. The van der Waals surface area contributed by atoms with Crippen LogP contribution in [-0.4, -0.2) is 16.3 Å². The Morgan fingerprint density at radius 3 is 3.14 bits per heavy atom. The molecule has 1 aliphatic rings. The summed E-state index contributed by atoms with van der Waals surface area (Å²) in [6.07, 6.45) is 1.61. The fourth-order valence-electron chi connectivity index (χ4n) is 1.09. The lowest BCUT2D eigenvalue weighted by atomic mass is 10.4. The standard InChI is InChI=1S/C9H10N2O2S/c1-6-8(12)11-9(14-6)10-5-7-3-2-4-13-7/h2-4,6H,5H2,1H3,(H,10,11,12). The first-order chi connectivity index (χ1) is 6.75. The molecule has 1 aliphatic heterocycles. The third-order valence-electron chi connectivity index (χ3n) is 1.85. The number of amidine groups is 1. The summed E-state index contributed by atoms with van der Waals surface area (Å²) < 4.78 is 5.12. The molecule has 5 heteroatoms. The van der Waals surface area contributed by atoms with Crippen molar-refractivity contribution in [2.45, 2.75) is 18.7 Å². The van der Waals surface area contributed by atoms with Crippen molar-refractivity contribution in [3.8, 4) is 0 Å². The molecule has 1 fully saturated rings. The lowest BCUT2D eigenvalue weighted by Gasteiger charge is -1.93. The predicted octanol–water partition coefficient (Wildman–Crippen LogP) is 1.39. The number of carbonyl (C=O) groups is 1. The highest BCUT2D eigenvalue weighted by Gasteiger charge is 2.25. The average molecular weight is 210 g/mol. The summed E-state index contributed by atoms with van der Waals surface area (Å²) in [6, 6.07) is 3.67. The highest BCUT2D eigenvalue weighted by Crippen LogP contribution is 2.18.